The lowest BCUT2D eigenvalue weighted by Gasteiger charge is -2.04. The average Bonchev–Trinajstić information content (AvgIpc) is 2.74. The van der Waals surface area contributed by atoms with Crippen molar-refractivity contribution in [2.75, 3.05) is 5.32 Å². The average molecular weight is 241 g/mol. The number of benzene rings is 1. The van der Waals surface area contributed by atoms with Crippen LogP contribution in [0.15, 0.2) is 42.7 Å². The van der Waals surface area contributed by atoms with E-state index in [2.05, 4.69) is 28.3 Å². The van der Waals surface area contributed by atoms with Gasteiger partial charge in [-0.3, -0.25) is 4.98 Å². The number of hydrogen-bond acceptors (Lipinski definition) is 4. The van der Waals surface area contributed by atoms with E-state index >= 15 is 0 Å². The highest BCUT2D eigenvalue weighted by atomic mass is 32.1. The summed E-state index contributed by atoms with van der Waals surface area (Å²) in [5.41, 5.74) is 3.20. The second-order valence-electron chi connectivity index (χ2n) is 3.80. The summed E-state index contributed by atoms with van der Waals surface area (Å²) in [6, 6.07) is 10.1. The fourth-order valence-corrected chi connectivity index (χ4v) is 2.51. The lowest BCUT2D eigenvalue weighted by atomic mass is 10.2. The highest BCUT2D eigenvalue weighted by molar-refractivity contribution is 7.22. The van der Waals surface area contributed by atoms with E-state index in [-0.39, 0.29) is 0 Å². The van der Waals surface area contributed by atoms with E-state index < -0.39 is 0 Å². The van der Waals surface area contributed by atoms with Crippen LogP contribution in [-0.4, -0.2) is 9.97 Å². The van der Waals surface area contributed by atoms with Gasteiger partial charge in [-0.2, -0.15) is 0 Å². The van der Waals surface area contributed by atoms with Crippen LogP contribution in [-0.2, 0) is 0 Å². The highest BCUT2D eigenvalue weighted by Crippen LogP contribution is 2.28. The topological polar surface area (TPSA) is 37.8 Å². The first kappa shape index (κ1) is 10.2. The van der Waals surface area contributed by atoms with Crippen molar-refractivity contribution in [1.29, 1.82) is 0 Å². The van der Waals surface area contributed by atoms with Crippen molar-refractivity contribution >= 4 is 32.4 Å². The van der Waals surface area contributed by atoms with E-state index in [0.29, 0.717) is 0 Å². The molecule has 0 aliphatic heterocycles. The van der Waals surface area contributed by atoms with Crippen LogP contribution in [0.1, 0.15) is 5.56 Å². The molecule has 1 N–H and O–H groups in total. The molecule has 0 atom stereocenters. The third-order valence-electron chi connectivity index (χ3n) is 2.57. The Morgan fingerprint density at radius 2 is 2.06 bits per heavy atom. The minimum atomic E-state index is 0.905. The number of aryl methyl sites for hydroxylation is 1. The summed E-state index contributed by atoms with van der Waals surface area (Å²) in [6.07, 6.45) is 3.61. The van der Waals surface area contributed by atoms with Gasteiger partial charge >= 0.3 is 0 Å². The molecule has 0 amide bonds. The van der Waals surface area contributed by atoms with Gasteiger partial charge in [-0.1, -0.05) is 23.5 Å². The predicted molar refractivity (Wildman–Crippen MR) is 71.9 cm³/mol. The Balaban J connectivity index is 1.98. The Morgan fingerprint density at radius 3 is 2.88 bits per heavy atom. The van der Waals surface area contributed by atoms with E-state index in [4.69, 9.17) is 0 Å². The zero-order chi connectivity index (χ0) is 11.7. The van der Waals surface area contributed by atoms with Crippen molar-refractivity contribution in [3.8, 4) is 0 Å². The number of nitrogens with one attached hydrogen (secondary N) is 1. The van der Waals surface area contributed by atoms with Crippen molar-refractivity contribution in [2.45, 2.75) is 6.92 Å². The molecule has 4 heteroatoms. The van der Waals surface area contributed by atoms with Crippen molar-refractivity contribution < 1.29 is 0 Å². The Bertz CT molecular complexity index is 627. The molecule has 17 heavy (non-hydrogen) atoms. The first-order chi connectivity index (χ1) is 8.33. The number of nitrogens with zero attached hydrogens (tertiary/aromatic N) is 2. The molecule has 0 saturated carbocycles. The SMILES string of the molecule is Cc1ccncc1Nc1nc2ccccc2s1. The molecule has 0 fully saturated rings. The number of thiazole rings is 1. The summed E-state index contributed by atoms with van der Waals surface area (Å²) in [5.74, 6) is 0. The number of rotatable bonds is 2. The van der Waals surface area contributed by atoms with Gasteiger partial charge in [-0.05, 0) is 30.7 Å². The molecule has 3 nitrogen and oxygen atoms in total. The number of aromatic nitrogens is 2. The largest absolute Gasteiger partial charge is 0.330 e. The molecule has 2 heterocycles. The minimum absolute atomic E-state index is 0.905. The number of pyridine rings is 1. The number of fused-ring (bicyclic) bond motifs is 1. The Morgan fingerprint density at radius 1 is 1.18 bits per heavy atom. The fourth-order valence-electron chi connectivity index (χ4n) is 1.64. The Hall–Kier alpha value is -1.94. The maximum absolute atomic E-state index is 4.53. The summed E-state index contributed by atoms with van der Waals surface area (Å²) in [4.78, 5) is 8.64. The summed E-state index contributed by atoms with van der Waals surface area (Å²) in [7, 11) is 0. The second-order valence-corrected chi connectivity index (χ2v) is 4.83. The van der Waals surface area contributed by atoms with Crippen LogP contribution in [0.2, 0.25) is 0 Å². The van der Waals surface area contributed by atoms with Crippen LogP contribution in [0.3, 0.4) is 0 Å². The van der Waals surface area contributed by atoms with Gasteiger partial charge in [0.1, 0.15) is 0 Å². The Kier molecular flexibility index (Phi) is 2.49. The van der Waals surface area contributed by atoms with Gasteiger partial charge in [-0.15, -0.1) is 0 Å². The molecule has 0 spiro atoms. The van der Waals surface area contributed by atoms with Crippen LogP contribution in [0, 0.1) is 6.92 Å². The molecule has 0 radical (unpaired) electrons. The van der Waals surface area contributed by atoms with E-state index in [0.717, 1.165) is 16.3 Å². The molecule has 0 bridgehead atoms. The van der Waals surface area contributed by atoms with E-state index in [9.17, 15) is 0 Å². The van der Waals surface area contributed by atoms with Gasteiger partial charge in [0.15, 0.2) is 5.13 Å². The lowest BCUT2D eigenvalue weighted by Crippen LogP contribution is -1.92. The number of anilines is 2. The lowest BCUT2D eigenvalue weighted by molar-refractivity contribution is 1.27. The van der Waals surface area contributed by atoms with Crippen molar-refractivity contribution in [2.24, 2.45) is 0 Å². The quantitative estimate of drug-likeness (QED) is 0.742. The maximum Gasteiger partial charge on any atom is 0.188 e. The monoisotopic (exact) mass is 241 g/mol. The molecular weight excluding hydrogens is 230 g/mol. The Labute approximate surface area is 103 Å². The van der Waals surface area contributed by atoms with Gasteiger partial charge in [0.25, 0.3) is 0 Å². The van der Waals surface area contributed by atoms with Gasteiger partial charge in [0.05, 0.1) is 22.1 Å². The van der Waals surface area contributed by atoms with Gasteiger partial charge < -0.3 is 5.32 Å². The van der Waals surface area contributed by atoms with Crippen LogP contribution in [0.4, 0.5) is 10.8 Å². The first-order valence-corrected chi connectivity index (χ1v) is 6.18. The molecule has 3 aromatic rings. The maximum atomic E-state index is 4.53. The van der Waals surface area contributed by atoms with Crippen LogP contribution in [0.5, 0.6) is 0 Å². The summed E-state index contributed by atoms with van der Waals surface area (Å²) in [6.45, 7) is 2.05. The summed E-state index contributed by atoms with van der Waals surface area (Å²) < 4.78 is 1.19. The smallest absolute Gasteiger partial charge is 0.188 e. The van der Waals surface area contributed by atoms with Crippen molar-refractivity contribution in [3.63, 3.8) is 0 Å². The van der Waals surface area contributed by atoms with Crippen LogP contribution >= 0.6 is 11.3 Å². The molecule has 3 rings (SSSR count). The molecule has 0 saturated heterocycles. The molecule has 0 aliphatic rings. The molecule has 0 unspecified atom stereocenters. The zero-order valence-electron chi connectivity index (χ0n) is 9.34. The van der Waals surface area contributed by atoms with Gasteiger partial charge in [-0.25, -0.2) is 4.98 Å². The molecular formula is C13H11N3S. The zero-order valence-corrected chi connectivity index (χ0v) is 10.2. The van der Waals surface area contributed by atoms with E-state index in [1.54, 1.807) is 17.5 Å². The van der Waals surface area contributed by atoms with Gasteiger partial charge in [0.2, 0.25) is 0 Å². The molecule has 84 valence electrons. The highest BCUT2D eigenvalue weighted by Gasteiger charge is 2.04. The predicted octanol–water partition coefficient (Wildman–Crippen LogP) is 3.74. The standard InChI is InChI=1S/C13H11N3S/c1-9-6-7-14-8-11(9)16-13-15-10-4-2-3-5-12(10)17-13/h2-8H,1H3,(H,15,16). The van der Waals surface area contributed by atoms with Crippen LogP contribution < -0.4 is 5.32 Å². The van der Waals surface area contributed by atoms with Crippen molar-refractivity contribution in [1.82, 2.24) is 9.97 Å². The van der Waals surface area contributed by atoms with Gasteiger partial charge in [0, 0.05) is 6.20 Å². The first-order valence-electron chi connectivity index (χ1n) is 5.36. The minimum Gasteiger partial charge on any atom is -0.330 e. The van der Waals surface area contributed by atoms with Crippen molar-refractivity contribution in [3.05, 3.63) is 48.3 Å². The third kappa shape index (κ3) is 1.99. The van der Waals surface area contributed by atoms with Crippen LogP contribution in [0.25, 0.3) is 10.2 Å². The summed E-state index contributed by atoms with van der Waals surface area (Å²) >= 11 is 1.65. The molecule has 0 aliphatic carbocycles. The van der Waals surface area contributed by atoms with E-state index in [1.807, 2.05) is 30.5 Å². The number of para-hydroxylation sites is 1. The molecule has 1 aromatic carbocycles. The number of hydrogen-bond donors (Lipinski definition) is 1. The van der Waals surface area contributed by atoms with E-state index in [1.165, 1.54) is 10.3 Å². The third-order valence-corrected chi connectivity index (χ3v) is 3.53. The summed E-state index contributed by atoms with van der Waals surface area (Å²) in [5, 5.41) is 4.21. The molecule has 2 aromatic heterocycles. The fraction of sp³-hybridized carbons (Fsp3) is 0.0769. The normalized spacial score (nSPS) is 10.6. The second kappa shape index (κ2) is 4.14.